The van der Waals surface area contributed by atoms with Gasteiger partial charge in [0.05, 0.1) is 0 Å². The van der Waals surface area contributed by atoms with Gasteiger partial charge in [-0.1, -0.05) is 6.90 Å². The maximum atomic E-state index is 7.29. The molecule has 0 saturated carbocycles. The normalized spacial score (nSPS) is 40.4. The maximum Gasteiger partial charge on any atom is 0.0234 e. The van der Waals surface area contributed by atoms with E-state index < -0.39 is 0 Å². The summed E-state index contributed by atoms with van der Waals surface area (Å²) in [6.07, 6.45) is 2.54. The van der Waals surface area contributed by atoms with Crippen molar-refractivity contribution in [3.05, 3.63) is 0 Å². The Balaban J connectivity index is 2.42. The standard InChI is InChI=1S/C8H17N/c1-7-5-4-6-9(3)8(7)2/h7-8H,4-6H2,1-3H3/i1D. The van der Waals surface area contributed by atoms with Gasteiger partial charge in [-0.25, -0.2) is 0 Å². The molecule has 0 aromatic carbocycles. The van der Waals surface area contributed by atoms with Gasteiger partial charge in [-0.3, -0.25) is 0 Å². The highest BCUT2D eigenvalue weighted by molar-refractivity contribution is 4.75. The Hall–Kier alpha value is -0.0400. The van der Waals surface area contributed by atoms with Crippen LogP contribution in [0, 0.1) is 5.92 Å². The molecule has 2 atom stereocenters. The van der Waals surface area contributed by atoms with Crippen molar-refractivity contribution in [3.63, 3.8) is 0 Å². The molecule has 9 heavy (non-hydrogen) atoms. The molecule has 0 aliphatic carbocycles. The van der Waals surface area contributed by atoms with Crippen LogP contribution in [0.5, 0.6) is 0 Å². The summed E-state index contributed by atoms with van der Waals surface area (Å²) < 4.78 is 7.29. The van der Waals surface area contributed by atoms with Crippen LogP contribution < -0.4 is 0 Å². The molecule has 0 aromatic rings. The van der Waals surface area contributed by atoms with Crippen molar-refractivity contribution < 1.29 is 1.37 Å². The average Bonchev–Trinajstić information content (AvgIpc) is 1.95. The van der Waals surface area contributed by atoms with E-state index in [9.17, 15) is 0 Å². The van der Waals surface area contributed by atoms with E-state index in [1.165, 1.54) is 19.4 Å². The van der Waals surface area contributed by atoms with E-state index in [4.69, 9.17) is 1.37 Å². The van der Waals surface area contributed by atoms with Crippen LogP contribution in [0.3, 0.4) is 0 Å². The van der Waals surface area contributed by atoms with E-state index in [0.717, 1.165) is 0 Å². The molecule has 1 heteroatoms. The summed E-state index contributed by atoms with van der Waals surface area (Å²) in [6, 6.07) is 0.631. The molecular weight excluding hydrogens is 110 g/mol. The molecule has 54 valence electrons. The summed E-state index contributed by atoms with van der Waals surface area (Å²) in [6.45, 7) is 4.06. The van der Waals surface area contributed by atoms with Crippen LogP contribution in [-0.4, -0.2) is 24.5 Å². The lowest BCUT2D eigenvalue weighted by molar-refractivity contribution is 0.145. The van der Waals surface area contributed by atoms with Crippen LogP contribution >= 0.6 is 0 Å². The van der Waals surface area contributed by atoms with Crippen molar-refractivity contribution in [2.24, 2.45) is 5.92 Å². The fraction of sp³-hybridized carbons (Fsp3) is 1.00. The van der Waals surface area contributed by atoms with Gasteiger partial charge in [0.2, 0.25) is 0 Å². The van der Waals surface area contributed by atoms with Gasteiger partial charge in [0.15, 0.2) is 0 Å². The summed E-state index contributed by atoms with van der Waals surface area (Å²) in [5, 5.41) is 0. The zero-order valence-corrected chi connectivity index (χ0v) is 6.43. The van der Waals surface area contributed by atoms with Gasteiger partial charge >= 0.3 is 0 Å². The van der Waals surface area contributed by atoms with Crippen LogP contribution in [0.2, 0.25) is 0 Å². The Bertz CT molecular complexity index is 105. The molecule has 0 aromatic heterocycles. The van der Waals surface area contributed by atoms with Crippen LogP contribution in [0.4, 0.5) is 0 Å². The predicted octanol–water partition coefficient (Wildman–Crippen LogP) is 1.74. The third kappa shape index (κ3) is 1.45. The fourth-order valence-electron chi connectivity index (χ4n) is 1.41. The molecule has 1 fully saturated rings. The van der Waals surface area contributed by atoms with Gasteiger partial charge in [-0.15, -0.1) is 0 Å². The van der Waals surface area contributed by atoms with E-state index in [1.54, 1.807) is 0 Å². The zero-order chi connectivity index (χ0) is 7.56. The lowest BCUT2D eigenvalue weighted by Crippen LogP contribution is -2.39. The topological polar surface area (TPSA) is 3.24 Å². The molecule has 0 N–H and O–H groups in total. The van der Waals surface area contributed by atoms with Gasteiger partial charge < -0.3 is 4.90 Å². The lowest BCUT2D eigenvalue weighted by atomic mass is 9.93. The van der Waals surface area contributed by atoms with Gasteiger partial charge in [-0.05, 0) is 39.3 Å². The average molecular weight is 128 g/mol. The second-order valence-corrected chi connectivity index (χ2v) is 3.12. The molecule has 2 unspecified atom stereocenters. The van der Waals surface area contributed by atoms with Gasteiger partial charge in [0, 0.05) is 7.41 Å². The van der Waals surface area contributed by atoms with E-state index in [-0.39, 0.29) is 0 Å². The van der Waals surface area contributed by atoms with Crippen molar-refractivity contribution in [2.75, 3.05) is 13.6 Å². The Morgan fingerprint density at radius 3 is 3.00 bits per heavy atom. The highest BCUT2D eigenvalue weighted by Crippen LogP contribution is 2.20. The van der Waals surface area contributed by atoms with Crippen LogP contribution in [0.1, 0.15) is 28.0 Å². The summed E-state index contributed by atoms with van der Waals surface area (Å²) >= 11 is 0. The van der Waals surface area contributed by atoms with E-state index in [1.807, 2.05) is 0 Å². The molecule has 1 saturated heterocycles. The summed E-state index contributed by atoms with van der Waals surface area (Å²) in [5.74, 6) is 0.624. The molecule has 0 amide bonds. The quantitative estimate of drug-likeness (QED) is 0.480. The minimum Gasteiger partial charge on any atom is -0.303 e. The van der Waals surface area contributed by atoms with Crippen LogP contribution in [-0.2, 0) is 0 Å². The van der Waals surface area contributed by atoms with Gasteiger partial charge in [0.1, 0.15) is 0 Å². The minimum absolute atomic E-state index is 0.603. The molecule has 1 nitrogen and oxygen atoms in total. The summed E-state index contributed by atoms with van der Waals surface area (Å²) in [7, 11) is 2.16. The molecule has 0 radical (unpaired) electrons. The molecule has 0 spiro atoms. The van der Waals surface area contributed by atoms with Crippen LogP contribution in [0.25, 0.3) is 0 Å². The van der Waals surface area contributed by atoms with E-state index in [2.05, 4.69) is 18.9 Å². The SMILES string of the molecule is [2H]CC1CCCN(C)C1C. The zero-order valence-electron chi connectivity index (χ0n) is 7.43. The summed E-state index contributed by atoms with van der Waals surface area (Å²) in [4.78, 5) is 2.36. The van der Waals surface area contributed by atoms with Crippen molar-refractivity contribution in [2.45, 2.75) is 32.7 Å². The Morgan fingerprint density at radius 1 is 1.67 bits per heavy atom. The number of nitrogens with zero attached hydrogens (tertiary/aromatic N) is 1. The first-order valence-electron chi connectivity index (χ1n) is 4.46. The predicted molar refractivity (Wildman–Crippen MR) is 40.5 cm³/mol. The first kappa shape index (κ1) is 5.72. The van der Waals surface area contributed by atoms with E-state index in [0.29, 0.717) is 18.9 Å². The molecule has 1 aliphatic heterocycles. The fourth-order valence-corrected chi connectivity index (χ4v) is 1.41. The largest absolute Gasteiger partial charge is 0.303 e. The summed E-state index contributed by atoms with van der Waals surface area (Å²) in [5.41, 5.74) is 0. The van der Waals surface area contributed by atoms with Crippen molar-refractivity contribution in [1.82, 2.24) is 4.90 Å². The number of rotatable bonds is 0. The number of piperidine rings is 1. The van der Waals surface area contributed by atoms with Gasteiger partial charge in [-0.2, -0.15) is 0 Å². The Morgan fingerprint density at radius 2 is 2.44 bits per heavy atom. The van der Waals surface area contributed by atoms with Crippen molar-refractivity contribution in [1.29, 1.82) is 0 Å². The number of likely N-dealkylation sites (tertiary alicyclic amines) is 1. The molecule has 1 heterocycles. The minimum atomic E-state index is 0.603. The maximum absolute atomic E-state index is 7.29. The Kier molecular flexibility index (Phi) is 1.71. The molecule has 1 aliphatic rings. The number of hydrogen-bond donors (Lipinski definition) is 0. The highest BCUT2D eigenvalue weighted by atomic mass is 15.1. The van der Waals surface area contributed by atoms with Gasteiger partial charge in [0.25, 0.3) is 0 Å². The lowest BCUT2D eigenvalue weighted by Gasteiger charge is -2.34. The highest BCUT2D eigenvalue weighted by Gasteiger charge is 2.20. The van der Waals surface area contributed by atoms with Crippen molar-refractivity contribution >= 4 is 0 Å². The van der Waals surface area contributed by atoms with Crippen LogP contribution in [0.15, 0.2) is 0 Å². The van der Waals surface area contributed by atoms with Crippen molar-refractivity contribution in [3.8, 4) is 0 Å². The smallest absolute Gasteiger partial charge is 0.0234 e. The third-order valence-corrected chi connectivity index (χ3v) is 2.46. The molecule has 0 bridgehead atoms. The first-order chi connectivity index (χ1) is 4.75. The van der Waals surface area contributed by atoms with E-state index >= 15 is 0 Å². The number of hydrogen-bond acceptors (Lipinski definition) is 1. The first-order valence-corrected chi connectivity index (χ1v) is 3.75. The second-order valence-electron chi connectivity index (χ2n) is 3.12. The molecule has 1 rings (SSSR count). The molecular formula is C8H17N. The third-order valence-electron chi connectivity index (χ3n) is 2.46. The Labute approximate surface area is 59.5 Å². The monoisotopic (exact) mass is 128 g/mol. The second kappa shape index (κ2) is 2.70.